The highest BCUT2D eigenvalue weighted by Gasteiger charge is 2.47. The lowest BCUT2D eigenvalue weighted by Crippen LogP contribution is -2.25. The number of esters is 1. The predicted molar refractivity (Wildman–Crippen MR) is 98.5 cm³/mol. The molecule has 154 valence electrons. The fourth-order valence-corrected chi connectivity index (χ4v) is 3.36. The van der Waals surface area contributed by atoms with Crippen molar-refractivity contribution in [2.24, 2.45) is 5.92 Å². The third kappa shape index (κ3) is 4.52. The van der Waals surface area contributed by atoms with Crippen LogP contribution in [0.1, 0.15) is 39.4 Å². The summed E-state index contributed by atoms with van der Waals surface area (Å²) in [5.41, 5.74) is 0.327. The van der Waals surface area contributed by atoms with Gasteiger partial charge in [0.05, 0.1) is 19.8 Å². The Hall–Kier alpha value is -3.03. The first-order valence-corrected chi connectivity index (χ1v) is 8.95. The molecule has 8 heteroatoms. The molecule has 0 saturated heterocycles. The number of methoxy groups -OCH3 is 2. The number of carbonyl (C=O) groups excluding carboxylic acids is 2. The first-order valence-electron chi connectivity index (χ1n) is 8.95. The van der Waals surface area contributed by atoms with E-state index in [2.05, 4.69) is 5.32 Å². The van der Waals surface area contributed by atoms with E-state index in [9.17, 15) is 22.8 Å². The molecule has 2 atom stereocenters. The van der Waals surface area contributed by atoms with Crippen LogP contribution >= 0.6 is 0 Å². The van der Waals surface area contributed by atoms with E-state index >= 15 is 0 Å². The monoisotopic (exact) mass is 407 g/mol. The van der Waals surface area contributed by atoms with E-state index in [1.54, 1.807) is 24.3 Å². The Kier molecular flexibility index (Phi) is 5.81. The first kappa shape index (κ1) is 20.7. The van der Waals surface area contributed by atoms with Crippen molar-refractivity contribution in [2.45, 2.75) is 25.1 Å². The molecule has 0 bridgehead atoms. The summed E-state index contributed by atoms with van der Waals surface area (Å²) in [4.78, 5) is 24.2. The molecule has 2 aromatic rings. The number of halogens is 3. The van der Waals surface area contributed by atoms with E-state index < -0.39 is 29.5 Å². The Morgan fingerprint density at radius 3 is 2.52 bits per heavy atom. The van der Waals surface area contributed by atoms with E-state index in [1.807, 2.05) is 0 Å². The normalized spacial score (nSPS) is 18.1. The van der Waals surface area contributed by atoms with E-state index in [1.165, 1.54) is 26.4 Å². The molecule has 2 aromatic carbocycles. The van der Waals surface area contributed by atoms with Crippen LogP contribution in [0.4, 0.5) is 13.2 Å². The third-order valence-electron chi connectivity index (χ3n) is 4.93. The highest BCUT2D eigenvalue weighted by molar-refractivity contribution is 5.92. The van der Waals surface area contributed by atoms with Crippen molar-refractivity contribution in [2.75, 3.05) is 14.2 Å². The second-order valence-electron chi connectivity index (χ2n) is 6.78. The molecule has 0 aromatic heterocycles. The zero-order valence-electron chi connectivity index (χ0n) is 15.9. The van der Waals surface area contributed by atoms with Gasteiger partial charge in [-0.3, -0.25) is 4.79 Å². The van der Waals surface area contributed by atoms with Gasteiger partial charge in [-0.1, -0.05) is 24.3 Å². The maximum atomic E-state index is 13.2. The Balaban J connectivity index is 1.66. The summed E-state index contributed by atoms with van der Waals surface area (Å²) in [6, 6.07) is 10.2. The van der Waals surface area contributed by atoms with E-state index in [-0.39, 0.29) is 23.6 Å². The summed E-state index contributed by atoms with van der Waals surface area (Å²) >= 11 is 0. The van der Waals surface area contributed by atoms with Crippen LogP contribution < -0.4 is 10.1 Å². The van der Waals surface area contributed by atoms with Crippen LogP contribution in [0.5, 0.6) is 5.75 Å². The largest absolute Gasteiger partial charge is 0.496 e. The van der Waals surface area contributed by atoms with Crippen molar-refractivity contribution in [3.8, 4) is 5.75 Å². The number of carbonyl (C=O) groups is 2. The van der Waals surface area contributed by atoms with Crippen molar-refractivity contribution in [1.82, 2.24) is 5.32 Å². The van der Waals surface area contributed by atoms with Gasteiger partial charge >= 0.3 is 12.1 Å². The molecule has 0 spiro atoms. The quantitative estimate of drug-likeness (QED) is 0.738. The van der Waals surface area contributed by atoms with Crippen LogP contribution in [0.25, 0.3) is 0 Å². The van der Waals surface area contributed by atoms with Gasteiger partial charge in [0.1, 0.15) is 11.3 Å². The lowest BCUT2D eigenvalue weighted by molar-refractivity contribution is -0.138. The minimum absolute atomic E-state index is 0.136. The molecular formula is C21H20F3NO4. The van der Waals surface area contributed by atoms with Crippen molar-refractivity contribution in [3.63, 3.8) is 0 Å². The lowest BCUT2D eigenvalue weighted by atomic mass is 10.0. The predicted octanol–water partition coefficient (Wildman–Crippen LogP) is 3.92. The van der Waals surface area contributed by atoms with Crippen LogP contribution in [0.15, 0.2) is 42.5 Å². The average molecular weight is 407 g/mol. The highest BCUT2D eigenvalue weighted by atomic mass is 19.4. The van der Waals surface area contributed by atoms with Gasteiger partial charge in [-0.05, 0) is 41.7 Å². The number of amides is 1. The summed E-state index contributed by atoms with van der Waals surface area (Å²) in [5, 5.41) is 2.73. The van der Waals surface area contributed by atoms with Crippen LogP contribution in [-0.2, 0) is 22.3 Å². The number of hydrogen-bond donors (Lipinski definition) is 1. The summed E-state index contributed by atoms with van der Waals surface area (Å²) in [7, 11) is 2.68. The summed E-state index contributed by atoms with van der Waals surface area (Å²) in [6.07, 6.45) is -4.08. The second kappa shape index (κ2) is 8.14. The van der Waals surface area contributed by atoms with Crippen molar-refractivity contribution < 1.29 is 32.2 Å². The molecule has 1 aliphatic rings. The number of rotatable bonds is 6. The van der Waals surface area contributed by atoms with Gasteiger partial charge in [0.15, 0.2) is 0 Å². The minimum Gasteiger partial charge on any atom is -0.496 e. The second-order valence-corrected chi connectivity index (χ2v) is 6.78. The fourth-order valence-electron chi connectivity index (χ4n) is 3.36. The topological polar surface area (TPSA) is 64.6 Å². The number of hydrogen-bond acceptors (Lipinski definition) is 4. The van der Waals surface area contributed by atoms with Crippen LogP contribution in [0.3, 0.4) is 0 Å². The Bertz CT molecular complexity index is 926. The van der Waals surface area contributed by atoms with Gasteiger partial charge in [-0.15, -0.1) is 0 Å². The number of ether oxygens (including phenoxy) is 2. The number of alkyl halides is 3. The Morgan fingerprint density at radius 1 is 1.14 bits per heavy atom. The van der Waals surface area contributed by atoms with Gasteiger partial charge in [-0.25, -0.2) is 4.79 Å². The van der Waals surface area contributed by atoms with Crippen LogP contribution in [0, 0.1) is 5.92 Å². The molecule has 1 aliphatic carbocycles. The maximum absolute atomic E-state index is 13.2. The average Bonchev–Trinajstić information content (AvgIpc) is 3.51. The van der Waals surface area contributed by atoms with Gasteiger partial charge in [-0.2, -0.15) is 13.2 Å². The first-order chi connectivity index (χ1) is 13.8. The molecule has 29 heavy (non-hydrogen) atoms. The van der Waals surface area contributed by atoms with Crippen LogP contribution in [-0.4, -0.2) is 26.1 Å². The smallest absolute Gasteiger partial charge is 0.416 e. The van der Waals surface area contributed by atoms with Gasteiger partial charge < -0.3 is 14.8 Å². The Labute approximate surface area is 165 Å². The van der Waals surface area contributed by atoms with E-state index in [0.29, 0.717) is 17.7 Å². The summed E-state index contributed by atoms with van der Waals surface area (Å²) < 4.78 is 49.4. The molecule has 0 aliphatic heterocycles. The maximum Gasteiger partial charge on any atom is 0.416 e. The highest BCUT2D eigenvalue weighted by Crippen LogP contribution is 2.51. The molecule has 3 rings (SSSR count). The number of benzene rings is 2. The molecule has 1 saturated carbocycles. The zero-order chi connectivity index (χ0) is 21.2. The molecule has 5 nitrogen and oxygen atoms in total. The molecular weight excluding hydrogens is 387 g/mol. The van der Waals surface area contributed by atoms with Crippen molar-refractivity contribution in [3.05, 3.63) is 64.7 Å². The Morgan fingerprint density at radius 2 is 1.86 bits per heavy atom. The van der Waals surface area contributed by atoms with Crippen LogP contribution in [0.2, 0.25) is 0 Å². The molecule has 2 unspecified atom stereocenters. The molecule has 0 heterocycles. The summed E-state index contributed by atoms with van der Waals surface area (Å²) in [6.45, 7) is 0.136. The van der Waals surface area contributed by atoms with Crippen molar-refractivity contribution >= 4 is 11.9 Å². The zero-order valence-corrected chi connectivity index (χ0v) is 15.9. The fraction of sp³-hybridized carbons (Fsp3) is 0.333. The van der Waals surface area contributed by atoms with Gasteiger partial charge in [0.2, 0.25) is 5.91 Å². The molecule has 1 fully saturated rings. The van der Waals surface area contributed by atoms with E-state index in [0.717, 1.165) is 6.07 Å². The lowest BCUT2D eigenvalue weighted by Gasteiger charge is -2.13. The van der Waals surface area contributed by atoms with Gasteiger partial charge in [0.25, 0.3) is 0 Å². The molecule has 0 radical (unpaired) electrons. The number of nitrogens with one attached hydrogen (secondary N) is 1. The third-order valence-corrected chi connectivity index (χ3v) is 4.93. The summed E-state index contributed by atoms with van der Waals surface area (Å²) in [5.74, 6) is -1.49. The van der Waals surface area contributed by atoms with Crippen molar-refractivity contribution in [1.29, 1.82) is 0 Å². The van der Waals surface area contributed by atoms with E-state index in [4.69, 9.17) is 9.47 Å². The van der Waals surface area contributed by atoms with Gasteiger partial charge in [0, 0.05) is 12.5 Å². The molecule has 1 amide bonds. The minimum atomic E-state index is -4.45. The SMILES string of the molecule is COC(=O)c1cc(CNC(=O)C2CC2c2ccccc2C(F)(F)F)ccc1OC. The molecule has 1 N–H and O–H groups in total. The standard InChI is InChI=1S/C21H20F3NO4/c1-28-18-8-7-12(9-16(18)20(27)29-2)11-25-19(26)15-10-14(15)13-5-3-4-6-17(13)21(22,23)24/h3-9,14-15H,10-11H2,1-2H3,(H,25,26).